The number of halogens is 1. The lowest BCUT2D eigenvalue weighted by Gasteiger charge is -2.00. The van der Waals surface area contributed by atoms with Crippen LogP contribution in [-0.4, -0.2) is 24.1 Å². The van der Waals surface area contributed by atoms with Crippen molar-refractivity contribution >= 4 is 22.8 Å². The van der Waals surface area contributed by atoms with Crippen LogP contribution in [0.1, 0.15) is 0 Å². The maximum atomic E-state index is 12.0. The van der Waals surface area contributed by atoms with Gasteiger partial charge < -0.3 is 0 Å². The number of rotatable bonds is 1. The second-order valence-corrected chi connectivity index (χ2v) is 4.73. The number of fused-ring (bicyclic) bond motifs is 1. The molecule has 0 fully saturated rings. The van der Waals surface area contributed by atoms with Gasteiger partial charge in [0.15, 0.2) is 11.2 Å². The molecule has 0 unspecified atom stereocenters. The maximum absolute atomic E-state index is 12.0. The molecule has 20 heavy (non-hydrogen) atoms. The van der Waals surface area contributed by atoms with E-state index in [2.05, 4.69) is 10.2 Å². The molecule has 0 saturated carbocycles. The fourth-order valence-electron chi connectivity index (χ4n) is 1.95. The third-order valence-corrected chi connectivity index (χ3v) is 3.38. The van der Waals surface area contributed by atoms with Gasteiger partial charge in [0.2, 0.25) is 0 Å². The third kappa shape index (κ3) is 1.67. The normalized spacial score (nSPS) is 11.2. The summed E-state index contributed by atoms with van der Waals surface area (Å²) in [5.41, 5.74) is -0.0532. The quantitative estimate of drug-likeness (QED) is 0.653. The summed E-state index contributed by atoms with van der Waals surface area (Å²) in [6, 6.07) is 6.99. The van der Waals surface area contributed by atoms with Gasteiger partial charge in [-0.3, -0.25) is 13.9 Å². The number of benzene rings is 1. The summed E-state index contributed by atoms with van der Waals surface area (Å²) in [5, 5.41) is 8.76. The van der Waals surface area contributed by atoms with Crippen molar-refractivity contribution in [2.24, 2.45) is 14.1 Å². The summed E-state index contributed by atoms with van der Waals surface area (Å²) in [4.78, 5) is 25.1. The highest BCUT2D eigenvalue weighted by Gasteiger charge is 2.15. The van der Waals surface area contributed by atoms with E-state index < -0.39 is 11.2 Å². The summed E-state index contributed by atoms with van der Waals surface area (Å²) in [7, 11) is 2.94. The van der Waals surface area contributed by atoms with Crippen LogP contribution in [0.2, 0.25) is 5.02 Å². The van der Waals surface area contributed by atoms with Gasteiger partial charge in [0.1, 0.15) is 5.69 Å². The van der Waals surface area contributed by atoms with Crippen LogP contribution >= 0.6 is 11.6 Å². The van der Waals surface area contributed by atoms with Gasteiger partial charge >= 0.3 is 5.69 Å². The van der Waals surface area contributed by atoms with Gasteiger partial charge in [-0.2, -0.15) is 0 Å². The first-order valence-electron chi connectivity index (χ1n) is 5.78. The first-order valence-corrected chi connectivity index (χ1v) is 6.16. The molecule has 0 aliphatic carbocycles. The first kappa shape index (κ1) is 12.6. The lowest BCUT2D eigenvalue weighted by Crippen LogP contribution is -2.36. The fraction of sp³-hybridized carbons (Fsp3) is 0.167. The zero-order valence-corrected chi connectivity index (χ0v) is 11.5. The lowest BCUT2D eigenvalue weighted by atomic mass is 10.3. The van der Waals surface area contributed by atoms with Gasteiger partial charge in [-0.25, -0.2) is 4.79 Å². The van der Waals surface area contributed by atoms with E-state index in [-0.39, 0.29) is 11.2 Å². The lowest BCUT2D eigenvalue weighted by molar-refractivity contribution is 0.705. The maximum Gasteiger partial charge on any atom is 0.332 e. The molecule has 8 heteroatoms. The number of aryl methyl sites for hydroxylation is 1. The molecule has 0 amide bonds. The number of para-hydroxylation sites is 1. The Balaban J connectivity index is 2.41. The van der Waals surface area contributed by atoms with E-state index >= 15 is 0 Å². The van der Waals surface area contributed by atoms with Crippen molar-refractivity contribution in [3.05, 3.63) is 50.1 Å². The van der Waals surface area contributed by atoms with Gasteiger partial charge in [0.05, 0.1) is 5.02 Å². The predicted molar refractivity (Wildman–Crippen MR) is 74.4 cm³/mol. The monoisotopic (exact) mass is 291 g/mol. The number of aromatic nitrogens is 5. The van der Waals surface area contributed by atoms with Crippen LogP contribution in [0, 0.1) is 0 Å². The van der Waals surface area contributed by atoms with Crippen molar-refractivity contribution in [2.75, 3.05) is 0 Å². The van der Waals surface area contributed by atoms with Gasteiger partial charge in [0.25, 0.3) is 5.56 Å². The van der Waals surface area contributed by atoms with Crippen molar-refractivity contribution in [2.45, 2.75) is 0 Å². The minimum atomic E-state index is -0.485. The highest BCUT2D eigenvalue weighted by molar-refractivity contribution is 6.32. The van der Waals surface area contributed by atoms with Crippen molar-refractivity contribution in [3.8, 4) is 5.69 Å². The molecule has 2 aromatic heterocycles. The Morgan fingerprint density at radius 3 is 2.45 bits per heavy atom. The summed E-state index contributed by atoms with van der Waals surface area (Å²) >= 11 is 6.08. The van der Waals surface area contributed by atoms with Crippen molar-refractivity contribution in [1.29, 1.82) is 0 Å². The summed E-state index contributed by atoms with van der Waals surface area (Å²) < 4.78 is 2.27. The van der Waals surface area contributed by atoms with E-state index in [1.54, 1.807) is 24.3 Å². The molecule has 1 aromatic carbocycles. The van der Waals surface area contributed by atoms with E-state index in [4.69, 9.17) is 11.6 Å². The largest absolute Gasteiger partial charge is 0.332 e. The molecule has 102 valence electrons. The Kier molecular flexibility index (Phi) is 2.72. The van der Waals surface area contributed by atoms with Gasteiger partial charge in [-0.05, 0) is 12.1 Å². The Labute approximate surface area is 117 Å². The second-order valence-electron chi connectivity index (χ2n) is 4.32. The Bertz CT molecular complexity index is 937. The summed E-state index contributed by atoms with van der Waals surface area (Å²) in [5.74, 6) is 0. The third-order valence-electron chi connectivity index (χ3n) is 3.06. The molecule has 0 aliphatic rings. The standard InChI is InChI=1S/C12H10ClN5O2/c1-16-10-9(11(19)17(2)12(16)20)14-18(15-10)8-6-4-3-5-7(8)13/h3-6H,1-2H3. The molecule has 3 rings (SSSR count). The van der Waals surface area contributed by atoms with Crippen LogP contribution in [0.4, 0.5) is 0 Å². The van der Waals surface area contributed by atoms with Crippen LogP contribution in [0.3, 0.4) is 0 Å². The zero-order valence-electron chi connectivity index (χ0n) is 10.7. The van der Waals surface area contributed by atoms with Gasteiger partial charge in [-0.15, -0.1) is 15.0 Å². The van der Waals surface area contributed by atoms with Gasteiger partial charge in [-0.1, -0.05) is 23.7 Å². The van der Waals surface area contributed by atoms with E-state index in [0.717, 1.165) is 4.57 Å². The van der Waals surface area contributed by atoms with E-state index in [0.29, 0.717) is 10.7 Å². The molecule has 0 radical (unpaired) electrons. The number of hydrogen-bond donors (Lipinski definition) is 0. The SMILES string of the molecule is Cn1c(=O)c2nn(-c3ccccc3Cl)nc2n(C)c1=O. The van der Waals surface area contributed by atoms with Crippen LogP contribution < -0.4 is 11.2 Å². The Hall–Kier alpha value is -2.41. The molecular formula is C12H10ClN5O2. The summed E-state index contributed by atoms with van der Waals surface area (Å²) in [6.07, 6.45) is 0. The minimum Gasteiger partial charge on any atom is -0.278 e. The van der Waals surface area contributed by atoms with E-state index in [1.807, 2.05) is 0 Å². The Morgan fingerprint density at radius 2 is 1.75 bits per heavy atom. The summed E-state index contributed by atoms with van der Waals surface area (Å²) in [6.45, 7) is 0. The molecule has 0 atom stereocenters. The minimum absolute atomic E-state index is 0.120. The molecule has 0 spiro atoms. The highest BCUT2D eigenvalue weighted by Crippen LogP contribution is 2.18. The molecule has 2 heterocycles. The zero-order chi connectivity index (χ0) is 14.4. The first-order chi connectivity index (χ1) is 9.50. The van der Waals surface area contributed by atoms with E-state index in [9.17, 15) is 9.59 Å². The van der Waals surface area contributed by atoms with Crippen molar-refractivity contribution in [3.63, 3.8) is 0 Å². The molecule has 0 saturated heterocycles. The Morgan fingerprint density at radius 1 is 1.05 bits per heavy atom. The molecule has 0 N–H and O–H groups in total. The average Bonchev–Trinajstić information content (AvgIpc) is 2.88. The fourth-order valence-corrected chi connectivity index (χ4v) is 2.16. The van der Waals surface area contributed by atoms with Crippen molar-refractivity contribution in [1.82, 2.24) is 24.1 Å². The number of nitrogens with zero attached hydrogens (tertiary/aromatic N) is 5. The molecule has 0 aliphatic heterocycles. The molecular weight excluding hydrogens is 282 g/mol. The van der Waals surface area contributed by atoms with Crippen LogP contribution in [0.15, 0.2) is 33.9 Å². The average molecular weight is 292 g/mol. The van der Waals surface area contributed by atoms with Crippen LogP contribution in [0.5, 0.6) is 0 Å². The smallest absolute Gasteiger partial charge is 0.278 e. The highest BCUT2D eigenvalue weighted by atomic mass is 35.5. The molecule has 7 nitrogen and oxygen atoms in total. The molecule has 0 bridgehead atoms. The van der Waals surface area contributed by atoms with E-state index in [1.165, 1.54) is 23.5 Å². The topological polar surface area (TPSA) is 74.7 Å². The van der Waals surface area contributed by atoms with Crippen molar-refractivity contribution < 1.29 is 0 Å². The van der Waals surface area contributed by atoms with Crippen LogP contribution in [-0.2, 0) is 14.1 Å². The van der Waals surface area contributed by atoms with Gasteiger partial charge in [0, 0.05) is 14.1 Å². The molecule has 3 aromatic rings. The predicted octanol–water partition coefficient (Wildman–Crippen LogP) is 0.471. The van der Waals surface area contributed by atoms with Crippen LogP contribution in [0.25, 0.3) is 16.9 Å². The second kappa shape index (κ2) is 4.31. The number of hydrogen-bond acceptors (Lipinski definition) is 4.